The minimum absolute atomic E-state index is 0.0139. The van der Waals surface area contributed by atoms with E-state index in [1.54, 1.807) is 4.90 Å². The second-order valence-electron chi connectivity index (χ2n) is 4.24. The zero-order chi connectivity index (χ0) is 13.9. The van der Waals surface area contributed by atoms with Gasteiger partial charge in [-0.3, -0.25) is 4.79 Å². The Morgan fingerprint density at radius 3 is 2.47 bits per heavy atom. The number of aromatic nitrogens is 2. The third-order valence-electron chi connectivity index (χ3n) is 2.83. The lowest BCUT2D eigenvalue weighted by Crippen LogP contribution is -2.33. The molecule has 0 aliphatic carbocycles. The number of hydrogen-bond donors (Lipinski definition) is 1. The second-order valence-corrected chi connectivity index (χ2v) is 4.24. The zero-order valence-electron chi connectivity index (χ0n) is 10.1. The average Bonchev–Trinajstić information content (AvgIpc) is 2.89. The predicted molar refractivity (Wildman–Crippen MR) is 61.3 cm³/mol. The topological polar surface area (TPSA) is 58.1 Å². The number of hydrogen-bond acceptors (Lipinski definition) is 4. The highest BCUT2D eigenvalue weighted by Crippen LogP contribution is 2.26. The van der Waals surface area contributed by atoms with Crippen molar-refractivity contribution in [3.63, 3.8) is 0 Å². The minimum Gasteiger partial charge on any atom is -0.360 e. The van der Waals surface area contributed by atoms with Gasteiger partial charge in [-0.1, -0.05) is 0 Å². The van der Waals surface area contributed by atoms with Crippen LogP contribution in [0.3, 0.4) is 0 Å². The molecule has 1 aliphatic rings. The van der Waals surface area contributed by atoms with Crippen molar-refractivity contribution in [2.75, 3.05) is 25.0 Å². The van der Waals surface area contributed by atoms with Gasteiger partial charge in [0.25, 0.3) is 0 Å². The van der Waals surface area contributed by atoms with Crippen LogP contribution < -0.4 is 5.32 Å². The zero-order valence-corrected chi connectivity index (χ0v) is 10.1. The molecule has 104 valence electrons. The molecule has 1 saturated heterocycles. The average molecular weight is 274 g/mol. The van der Waals surface area contributed by atoms with Crippen LogP contribution in [0.15, 0.2) is 12.1 Å². The number of carbonyl (C=O) groups excluding carboxylic acids is 1. The molecular weight excluding hydrogens is 261 g/mol. The summed E-state index contributed by atoms with van der Waals surface area (Å²) in [6.45, 7) is 1.48. The van der Waals surface area contributed by atoms with E-state index in [-0.39, 0.29) is 18.3 Å². The van der Waals surface area contributed by atoms with Gasteiger partial charge < -0.3 is 10.2 Å². The van der Waals surface area contributed by atoms with E-state index >= 15 is 0 Å². The maximum atomic E-state index is 12.3. The molecule has 1 N–H and O–H groups in total. The first-order chi connectivity index (χ1) is 8.97. The minimum atomic E-state index is -4.50. The summed E-state index contributed by atoms with van der Waals surface area (Å²) in [5.74, 6) is 0.0692. The standard InChI is InChI=1S/C11H13F3N4O/c12-11(13,14)8-3-4-9(17-16-8)15-7-10(19)18-5-1-2-6-18/h3-4H,1-2,5-7H2,(H,15,17). The highest BCUT2D eigenvalue weighted by Gasteiger charge is 2.32. The van der Waals surface area contributed by atoms with Crippen molar-refractivity contribution < 1.29 is 18.0 Å². The van der Waals surface area contributed by atoms with Gasteiger partial charge in [-0.15, -0.1) is 10.2 Å². The lowest BCUT2D eigenvalue weighted by molar-refractivity contribution is -0.141. The molecule has 0 spiro atoms. The number of nitrogens with one attached hydrogen (secondary N) is 1. The molecule has 2 rings (SSSR count). The molecule has 1 aliphatic heterocycles. The van der Waals surface area contributed by atoms with Gasteiger partial charge in [-0.25, -0.2) is 0 Å². The molecule has 0 aromatic carbocycles. The van der Waals surface area contributed by atoms with Crippen LogP contribution in [0.4, 0.5) is 19.0 Å². The number of amides is 1. The van der Waals surface area contributed by atoms with E-state index in [2.05, 4.69) is 15.5 Å². The maximum Gasteiger partial charge on any atom is 0.435 e. The van der Waals surface area contributed by atoms with Crippen LogP contribution in [-0.4, -0.2) is 40.6 Å². The highest BCUT2D eigenvalue weighted by molar-refractivity contribution is 5.80. The number of rotatable bonds is 3. The van der Waals surface area contributed by atoms with Gasteiger partial charge in [0, 0.05) is 13.1 Å². The first kappa shape index (κ1) is 13.6. The van der Waals surface area contributed by atoms with Crippen LogP contribution in [-0.2, 0) is 11.0 Å². The number of carbonyl (C=O) groups is 1. The Bertz CT molecular complexity index is 440. The molecule has 0 radical (unpaired) electrons. The molecular formula is C11H13F3N4O. The van der Waals surface area contributed by atoms with Crippen LogP contribution in [0.25, 0.3) is 0 Å². The summed E-state index contributed by atoms with van der Waals surface area (Å²) < 4.78 is 36.8. The number of likely N-dealkylation sites (tertiary alicyclic amines) is 1. The second kappa shape index (κ2) is 5.41. The Labute approximate surface area is 107 Å². The summed E-state index contributed by atoms with van der Waals surface area (Å²) in [6, 6.07) is 1.99. The quantitative estimate of drug-likeness (QED) is 0.908. The predicted octanol–water partition coefficient (Wildman–Crippen LogP) is 1.53. The fourth-order valence-corrected chi connectivity index (χ4v) is 1.82. The first-order valence-electron chi connectivity index (χ1n) is 5.89. The van der Waals surface area contributed by atoms with Gasteiger partial charge in [-0.2, -0.15) is 13.2 Å². The summed E-state index contributed by atoms with van der Waals surface area (Å²) in [6.07, 6.45) is -2.52. The highest BCUT2D eigenvalue weighted by atomic mass is 19.4. The molecule has 2 heterocycles. The number of nitrogens with zero attached hydrogens (tertiary/aromatic N) is 3. The van der Waals surface area contributed by atoms with E-state index in [0.717, 1.165) is 38.1 Å². The van der Waals surface area contributed by atoms with Crippen LogP contribution >= 0.6 is 0 Å². The Morgan fingerprint density at radius 1 is 1.26 bits per heavy atom. The van der Waals surface area contributed by atoms with E-state index in [4.69, 9.17) is 0 Å². The summed E-state index contributed by atoms with van der Waals surface area (Å²) in [4.78, 5) is 13.4. The summed E-state index contributed by atoms with van der Waals surface area (Å²) >= 11 is 0. The van der Waals surface area contributed by atoms with E-state index in [0.29, 0.717) is 0 Å². The Morgan fingerprint density at radius 2 is 1.95 bits per heavy atom. The fourth-order valence-electron chi connectivity index (χ4n) is 1.82. The maximum absolute atomic E-state index is 12.3. The summed E-state index contributed by atoms with van der Waals surface area (Å²) in [5.41, 5.74) is -1.05. The van der Waals surface area contributed by atoms with Crippen molar-refractivity contribution in [3.05, 3.63) is 17.8 Å². The van der Waals surface area contributed by atoms with Crippen LogP contribution in [0.2, 0.25) is 0 Å². The molecule has 1 fully saturated rings. The van der Waals surface area contributed by atoms with E-state index in [1.807, 2.05) is 0 Å². The smallest absolute Gasteiger partial charge is 0.360 e. The number of halogens is 3. The van der Waals surface area contributed by atoms with Crippen molar-refractivity contribution in [3.8, 4) is 0 Å². The van der Waals surface area contributed by atoms with Crippen molar-refractivity contribution in [1.29, 1.82) is 0 Å². The molecule has 5 nitrogen and oxygen atoms in total. The molecule has 0 atom stereocenters. The van der Waals surface area contributed by atoms with Gasteiger partial charge in [-0.05, 0) is 25.0 Å². The fraction of sp³-hybridized carbons (Fsp3) is 0.545. The Balaban J connectivity index is 1.87. The van der Waals surface area contributed by atoms with Crippen molar-refractivity contribution in [2.24, 2.45) is 0 Å². The van der Waals surface area contributed by atoms with Gasteiger partial charge in [0.1, 0.15) is 5.82 Å². The lowest BCUT2D eigenvalue weighted by Gasteiger charge is -2.15. The molecule has 1 amide bonds. The molecule has 0 unspecified atom stereocenters. The molecule has 1 aromatic rings. The number of alkyl halides is 3. The third-order valence-corrected chi connectivity index (χ3v) is 2.83. The van der Waals surface area contributed by atoms with E-state index < -0.39 is 11.9 Å². The van der Waals surface area contributed by atoms with Crippen molar-refractivity contribution in [1.82, 2.24) is 15.1 Å². The van der Waals surface area contributed by atoms with E-state index in [9.17, 15) is 18.0 Å². The Kier molecular flexibility index (Phi) is 3.87. The van der Waals surface area contributed by atoms with Gasteiger partial charge in [0.05, 0.1) is 6.54 Å². The van der Waals surface area contributed by atoms with Crippen molar-refractivity contribution >= 4 is 11.7 Å². The normalized spacial score (nSPS) is 15.6. The van der Waals surface area contributed by atoms with Crippen molar-refractivity contribution in [2.45, 2.75) is 19.0 Å². The van der Waals surface area contributed by atoms with Crippen LogP contribution in [0.1, 0.15) is 18.5 Å². The summed E-state index contributed by atoms with van der Waals surface area (Å²) in [7, 11) is 0. The monoisotopic (exact) mass is 274 g/mol. The molecule has 8 heteroatoms. The SMILES string of the molecule is O=C(CNc1ccc(C(F)(F)F)nn1)N1CCCC1. The van der Waals surface area contributed by atoms with Gasteiger partial charge in [0.15, 0.2) is 5.69 Å². The van der Waals surface area contributed by atoms with E-state index in [1.165, 1.54) is 0 Å². The molecule has 19 heavy (non-hydrogen) atoms. The van der Waals surface area contributed by atoms with Crippen LogP contribution in [0, 0.1) is 0 Å². The first-order valence-corrected chi connectivity index (χ1v) is 5.89. The summed E-state index contributed by atoms with van der Waals surface area (Å²) in [5, 5.41) is 9.12. The number of anilines is 1. The lowest BCUT2D eigenvalue weighted by atomic mass is 10.4. The van der Waals surface area contributed by atoms with Crippen LogP contribution in [0.5, 0.6) is 0 Å². The van der Waals surface area contributed by atoms with Gasteiger partial charge in [0.2, 0.25) is 5.91 Å². The molecule has 0 bridgehead atoms. The largest absolute Gasteiger partial charge is 0.435 e. The molecule has 0 saturated carbocycles. The third kappa shape index (κ3) is 3.55. The molecule has 1 aromatic heterocycles. The van der Waals surface area contributed by atoms with Gasteiger partial charge >= 0.3 is 6.18 Å². The Hall–Kier alpha value is -1.86.